The number of hydrogen-bond donors (Lipinski definition) is 2. The van der Waals surface area contributed by atoms with Crippen molar-refractivity contribution in [2.24, 2.45) is 0 Å². The Morgan fingerprint density at radius 2 is 2.45 bits per heavy atom. The molecular formula is C7H13NO2S. The highest BCUT2D eigenvalue weighted by atomic mass is 32.1. The summed E-state index contributed by atoms with van der Waals surface area (Å²) in [5.74, 6) is -0.267. The highest BCUT2D eigenvalue weighted by Crippen LogP contribution is 2.03. The number of aliphatic carboxylic acids is 1. The molecule has 0 fully saturated rings. The Labute approximate surface area is 72.1 Å². The van der Waals surface area contributed by atoms with Crippen molar-refractivity contribution in [1.29, 1.82) is 0 Å². The standard InChI is InChI=1S/C7H13NO2S/c1-3-8(2)6(4-5-11)7(9)10/h3,6,11H,1,4-5H2,2H3,(H,9,10). The van der Waals surface area contributed by atoms with Crippen molar-refractivity contribution in [3.8, 4) is 0 Å². The molecule has 11 heavy (non-hydrogen) atoms. The third-order valence-electron chi connectivity index (χ3n) is 1.47. The van der Waals surface area contributed by atoms with Crippen molar-refractivity contribution in [3.05, 3.63) is 12.8 Å². The van der Waals surface area contributed by atoms with Crippen LogP contribution < -0.4 is 0 Å². The topological polar surface area (TPSA) is 40.5 Å². The van der Waals surface area contributed by atoms with E-state index in [-0.39, 0.29) is 0 Å². The fourth-order valence-corrected chi connectivity index (χ4v) is 0.995. The van der Waals surface area contributed by atoms with Crippen LogP contribution in [0.3, 0.4) is 0 Å². The van der Waals surface area contributed by atoms with E-state index in [0.29, 0.717) is 12.2 Å². The Bertz CT molecular complexity index is 149. The molecule has 0 radical (unpaired) electrons. The van der Waals surface area contributed by atoms with Crippen molar-refractivity contribution < 1.29 is 9.90 Å². The summed E-state index contributed by atoms with van der Waals surface area (Å²) in [6.07, 6.45) is 2.03. The Morgan fingerprint density at radius 1 is 1.91 bits per heavy atom. The lowest BCUT2D eigenvalue weighted by Crippen LogP contribution is -2.35. The molecule has 0 aromatic carbocycles. The number of rotatable bonds is 5. The van der Waals surface area contributed by atoms with Crippen molar-refractivity contribution >= 4 is 18.6 Å². The fraction of sp³-hybridized carbons (Fsp3) is 0.571. The Hall–Kier alpha value is -0.640. The summed E-state index contributed by atoms with van der Waals surface area (Å²) in [5.41, 5.74) is 0. The molecule has 0 saturated carbocycles. The van der Waals surface area contributed by atoms with Gasteiger partial charge in [0.2, 0.25) is 0 Å². The third-order valence-corrected chi connectivity index (χ3v) is 1.73. The van der Waals surface area contributed by atoms with E-state index < -0.39 is 12.0 Å². The lowest BCUT2D eigenvalue weighted by Gasteiger charge is -2.21. The van der Waals surface area contributed by atoms with Gasteiger partial charge in [0.25, 0.3) is 0 Å². The fourth-order valence-electron chi connectivity index (χ4n) is 0.751. The monoisotopic (exact) mass is 175 g/mol. The normalized spacial score (nSPS) is 12.2. The summed E-state index contributed by atoms with van der Waals surface area (Å²) in [7, 11) is 1.69. The van der Waals surface area contributed by atoms with Gasteiger partial charge in [0.1, 0.15) is 6.04 Å². The van der Waals surface area contributed by atoms with Gasteiger partial charge in [-0.05, 0) is 18.4 Å². The van der Waals surface area contributed by atoms with E-state index in [0.717, 1.165) is 0 Å². The number of thiol groups is 1. The molecular weight excluding hydrogens is 162 g/mol. The highest BCUT2D eigenvalue weighted by Gasteiger charge is 2.18. The Morgan fingerprint density at radius 3 is 2.73 bits per heavy atom. The molecule has 0 aromatic heterocycles. The molecule has 3 nitrogen and oxygen atoms in total. The minimum absolute atomic E-state index is 0.495. The first kappa shape index (κ1) is 10.4. The quantitative estimate of drug-likeness (QED) is 0.608. The van der Waals surface area contributed by atoms with E-state index in [1.165, 1.54) is 6.20 Å². The van der Waals surface area contributed by atoms with E-state index in [2.05, 4.69) is 19.2 Å². The number of carboxylic acid groups (broad SMARTS) is 1. The second-order valence-corrected chi connectivity index (χ2v) is 2.66. The Balaban J connectivity index is 4.08. The van der Waals surface area contributed by atoms with Crippen LogP contribution in [-0.4, -0.2) is 34.8 Å². The number of hydrogen-bond acceptors (Lipinski definition) is 3. The van der Waals surface area contributed by atoms with E-state index in [1.54, 1.807) is 11.9 Å². The summed E-state index contributed by atoms with van der Waals surface area (Å²) in [5, 5.41) is 8.68. The summed E-state index contributed by atoms with van der Waals surface area (Å²) in [4.78, 5) is 12.1. The second-order valence-electron chi connectivity index (χ2n) is 2.21. The van der Waals surface area contributed by atoms with Crippen LogP contribution in [0.4, 0.5) is 0 Å². The second kappa shape index (κ2) is 5.07. The van der Waals surface area contributed by atoms with Crippen LogP contribution in [0.25, 0.3) is 0 Å². The zero-order valence-corrected chi connectivity index (χ0v) is 7.42. The van der Waals surface area contributed by atoms with Crippen molar-refractivity contribution in [3.63, 3.8) is 0 Å². The van der Waals surface area contributed by atoms with Crippen LogP contribution in [0.1, 0.15) is 6.42 Å². The molecule has 1 unspecified atom stereocenters. The molecule has 0 rings (SSSR count). The Kier molecular flexibility index (Phi) is 4.77. The molecule has 1 N–H and O–H groups in total. The van der Waals surface area contributed by atoms with Gasteiger partial charge in [-0.3, -0.25) is 0 Å². The van der Waals surface area contributed by atoms with Crippen molar-refractivity contribution in [1.82, 2.24) is 4.90 Å². The minimum atomic E-state index is -0.832. The molecule has 0 aromatic rings. The minimum Gasteiger partial charge on any atom is -0.480 e. The smallest absolute Gasteiger partial charge is 0.326 e. The van der Waals surface area contributed by atoms with Gasteiger partial charge < -0.3 is 10.0 Å². The maximum atomic E-state index is 10.6. The van der Waals surface area contributed by atoms with Gasteiger partial charge in [0.15, 0.2) is 0 Å². The molecule has 0 aliphatic heterocycles. The zero-order valence-electron chi connectivity index (χ0n) is 6.53. The van der Waals surface area contributed by atoms with Gasteiger partial charge in [-0.2, -0.15) is 12.6 Å². The zero-order chi connectivity index (χ0) is 8.85. The van der Waals surface area contributed by atoms with E-state index in [9.17, 15) is 4.79 Å². The van der Waals surface area contributed by atoms with Crippen LogP contribution in [-0.2, 0) is 4.79 Å². The first-order chi connectivity index (χ1) is 5.13. The molecule has 0 aliphatic rings. The molecule has 4 heteroatoms. The molecule has 0 spiro atoms. The highest BCUT2D eigenvalue weighted by molar-refractivity contribution is 7.80. The summed E-state index contributed by atoms with van der Waals surface area (Å²) >= 11 is 3.96. The van der Waals surface area contributed by atoms with Gasteiger partial charge >= 0.3 is 5.97 Å². The molecule has 0 aliphatic carbocycles. The molecule has 0 heterocycles. The molecule has 0 amide bonds. The number of carbonyl (C=O) groups is 1. The van der Waals surface area contributed by atoms with Gasteiger partial charge in [0.05, 0.1) is 0 Å². The average molecular weight is 175 g/mol. The van der Waals surface area contributed by atoms with Gasteiger partial charge in [0, 0.05) is 7.05 Å². The van der Waals surface area contributed by atoms with Crippen LogP contribution in [0.2, 0.25) is 0 Å². The maximum Gasteiger partial charge on any atom is 0.326 e. The van der Waals surface area contributed by atoms with Crippen LogP contribution in [0, 0.1) is 0 Å². The number of carboxylic acids is 1. The first-order valence-electron chi connectivity index (χ1n) is 3.31. The number of likely N-dealkylation sites (N-methyl/N-ethyl adjacent to an activating group) is 1. The molecule has 0 bridgehead atoms. The SMILES string of the molecule is C=CN(C)C(CCS)C(=O)O. The van der Waals surface area contributed by atoms with Crippen molar-refractivity contribution in [2.45, 2.75) is 12.5 Å². The van der Waals surface area contributed by atoms with E-state index >= 15 is 0 Å². The summed E-state index contributed by atoms with van der Waals surface area (Å²) in [6.45, 7) is 3.48. The van der Waals surface area contributed by atoms with Crippen LogP contribution >= 0.6 is 12.6 Å². The predicted octanol–water partition coefficient (Wildman–Crippen LogP) is 0.835. The van der Waals surface area contributed by atoms with Gasteiger partial charge in [-0.1, -0.05) is 6.58 Å². The molecule has 0 saturated heterocycles. The van der Waals surface area contributed by atoms with Gasteiger partial charge in [-0.25, -0.2) is 4.79 Å². The van der Waals surface area contributed by atoms with E-state index in [4.69, 9.17) is 5.11 Å². The van der Waals surface area contributed by atoms with Crippen molar-refractivity contribution in [2.75, 3.05) is 12.8 Å². The van der Waals surface area contributed by atoms with Crippen LogP contribution in [0.15, 0.2) is 12.8 Å². The summed E-state index contributed by atoms with van der Waals surface area (Å²) in [6, 6.07) is -0.495. The van der Waals surface area contributed by atoms with E-state index in [1.807, 2.05) is 0 Å². The lowest BCUT2D eigenvalue weighted by atomic mass is 10.2. The van der Waals surface area contributed by atoms with Gasteiger partial charge in [-0.15, -0.1) is 0 Å². The third kappa shape index (κ3) is 3.32. The molecule has 1 atom stereocenters. The lowest BCUT2D eigenvalue weighted by molar-refractivity contribution is -0.141. The first-order valence-corrected chi connectivity index (χ1v) is 3.95. The maximum absolute atomic E-state index is 10.6. The summed E-state index contributed by atoms with van der Waals surface area (Å²) < 4.78 is 0. The largest absolute Gasteiger partial charge is 0.480 e. The van der Waals surface area contributed by atoms with Crippen LogP contribution in [0.5, 0.6) is 0 Å². The molecule has 64 valence electrons. The average Bonchev–Trinajstić information content (AvgIpc) is 1.98. The number of nitrogens with zero attached hydrogens (tertiary/aromatic N) is 1. The predicted molar refractivity (Wildman–Crippen MR) is 47.9 cm³/mol.